The van der Waals surface area contributed by atoms with Crippen LogP contribution in [0.3, 0.4) is 0 Å². The van der Waals surface area contributed by atoms with Gasteiger partial charge in [-0.1, -0.05) is 23.2 Å². The molecule has 0 aromatic heterocycles. The monoisotopic (exact) mass is 659 g/mol. The summed E-state index contributed by atoms with van der Waals surface area (Å²) < 4.78 is 52.1. The van der Waals surface area contributed by atoms with Gasteiger partial charge in [0, 0.05) is 0 Å². The van der Waals surface area contributed by atoms with E-state index in [-0.39, 0.29) is 0 Å². The van der Waals surface area contributed by atoms with Crippen molar-refractivity contribution in [1.29, 1.82) is 0 Å². The third kappa shape index (κ3) is 15.5. The van der Waals surface area contributed by atoms with Gasteiger partial charge in [0.2, 0.25) is 13.6 Å². The molecular weight excluding hydrogens is 615 g/mol. The van der Waals surface area contributed by atoms with Crippen LogP contribution in [-0.2, 0) is 51.3 Å². The predicted molar refractivity (Wildman–Crippen MR) is 148 cm³/mol. The second kappa shape index (κ2) is 15.1. The molecule has 1 unspecified atom stereocenters. The summed E-state index contributed by atoms with van der Waals surface area (Å²) >= 11 is 11.8. The number of hydrogen-bond donors (Lipinski definition) is 0. The van der Waals surface area contributed by atoms with Crippen LogP contribution in [0.5, 0.6) is 0 Å². The van der Waals surface area contributed by atoms with Crippen LogP contribution in [-0.4, -0.2) is 74.8 Å². The lowest BCUT2D eigenvalue weighted by atomic mass is 9.98. The fraction of sp³-hybridized carbons (Fsp3) is 0.870. The van der Waals surface area contributed by atoms with Crippen molar-refractivity contribution in [2.24, 2.45) is 16.2 Å². The van der Waals surface area contributed by atoms with E-state index in [4.69, 9.17) is 41.7 Å². The fourth-order valence-electron chi connectivity index (χ4n) is 1.52. The first-order valence-electron chi connectivity index (χ1n) is 11.9. The third-order valence-corrected chi connectivity index (χ3v) is 10.3. The van der Waals surface area contributed by atoms with Crippen LogP contribution in [0.1, 0.15) is 62.3 Å². The first-order chi connectivity index (χ1) is 17.4. The van der Waals surface area contributed by atoms with Gasteiger partial charge in [0.25, 0.3) is 3.82 Å². The van der Waals surface area contributed by atoms with Crippen molar-refractivity contribution < 1.29 is 60.7 Å². The first kappa shape index (κ1) is 41.4. The zero-order chi connectivity index (χ0) is 32.6. The second-order valence-corrected chi connectivity index (χ2v) is 19.8. The molecule has 40 heavy (non-hydrogen) atoms. The SMILES string of the molecule is CC(C)(C)C(=O)OCOP(=O)([O-])C(Cl)(Cl)P(=O)(OCOC(=O)C(C)(C)C)OCOC(=O)C(C)(C)C.C[N+](C)(C)C. The van der Waals surface area contributed by atoms with Crippen molar-refractivity contribution in [3.8, 4) is 0 Å². The molecular formula is C23H45Cl2NO12P2. The van der Waals surface area contributed by atoms with Gasteiger partial charge < -0.3 is 28.2 Å². The quantitative estimate of drug-likeness (QED) is 0.0742. The molecule has 0 aliphatic rings. The van der Waals surface area contributed by atoms with E-state index < -0.39 is 73.5 Å². The first-order valence-corrected chi connectivity index (χ1v) is 15.8. The Labute approximate surface area is 247 Å². The van der Waals surface area contributed by atoms with Crippen molar-refractivity contribution in [1.82, 2.24) is 0 Å². The zero-order valence-corrected chi connectivity index (χ0v) is 28.9. The molecule has 0 aromatic carbocycles. The summed E-state index contributed by atoms with van der Waals surface area (Å²) in [6, 6.07) is 0. The molecule has 0 aliphatic heterocycles. The van der Waals surface area contributed by atoms with E-state index in [0.29, 0.717) is 0 Å². The Morgan fingerprint density at radius 3 is 1.07 bits per heavy atom. The molecule has 0 N–H and O–H groups in total. The molecule has 0 radical (unpaired) electrons. The number of halogens is 2. The van der Waals surface area contributed by atoms with Crippen molar-refractivity contribution in [3.05, 3.63) is 0 Å². The van der Waals surface area contributed by atoms with Crippen molar-refractivity contribution in [2.75, 3.05) is 48.6 Å². The highest BCUT2D eigenvalue weighted by Crippen LogP contribution is 2.78. The molecule has 0 spiro atoms. The van der Waals surface area contributed by atoms with Gasteiger partial charge in [-0.3, -0.25) is 32.5 Å². The molecule has 0 saturated heterocycles. The van der Waals surface area contributed by atoms with Gasteiger partial charge in [0.15, 0.2) is 14.4 Å². The van der Waals surface area contributed by atoms with Crippen LogP contribution in [0.25, 0.3) is 0 Å². The number of carbonyl (C=O) groups is 3. The molecule has 0 fully saturated rings. The zero-order valence-electron chi connectivity index (χ0n) is 25.6. The Kier molecular flexibility index (Phi) is 15.6. The number of quaternary nitrogens is 1. The number of nitrogens with zero attached hydrogens (tertiary/aromatic N) is 1. The van der Waals surface area contributed by atoms with E-state index >= 15 is 0 Å². The van der Waals surface area contributed by atoms with E-state index in [1.165, 1.54) is 62.3 Å². The Morgan fingerprint density at radius 2 is 0.850 bits per heavy atom. The van der Waals surface area contributed by atoms with E-state index in [9.17, 15) is 28.4 Å². The minimum absolute atomic E-state index is 0.798. The molecule has 0 saturated carbocycles. The van der Waals surface area contributed by atoms with Crippen molar-refractivity contribution in [3.63, 3.8) is 0 Å². The maximum absolute atomic E-state index is 13.3. The molecule has 0 amide bonds. The maximum Gasteiger partial charge on any atom is 0.381 e. The van der Waals surface area contributed by atoms with Crippen LogP contribution >= 0.6 is 38.4 Å². The highest BCUT2D eigenvalue weighted by atomic mass is 35.5. The van der Waals surface area contributed by atoms with Crippen molar-refractivity contribution in [2.45, 2.75) is 66.1 Å². The Balaban J connectivity index is 0. The summed E-state index contributed by atoms with van der Waals surface area (Å²) in [7, 11) is -2.33. The topological polar surface area (TPSA) is 164 Å². The number of ether oxygens (including phenoxy) is 3. The van der Waals surface area contributed by atoms with E-state index in [2.05, 4.69) is 37.5 Å². The summed E-state index contributed by atoms with van der Waals surface area (Å²) in [6.07, 6.45) is 0. The summed E-state index contributed by atoms with van der Waals surface area (Å²) in [5, 5.41) is 0. The van der Waals surface area contributed by atoms with E-state index in [1.807, 2.05) is 0 Å². The van der Waals surface area contributed by atoms with Gasteiger partial charge in [0.05, 0.1) is 44.4 Å². The molecule has 1 atom stereocenters. The smallest absolute Gasteiger partial charge is 0.381 e. The van der Waals surface area contributed by atoms with Gasteiger partial charge in [0.1, 0.15) is 0 Å². The average Bonchev–Trinajstić information content (AvgIpc) is 2.69. The number of hydrogen-bond acceptors (Lipinski definition) is 12. The minimum atomic E-state index is -5.61. The predicted octanol–water partition coefficient (Wildman–Crippen LogP) is 4.83. The van der Waals surface area contributed by atoms with Crippen LogP contribution in [0.4, 0.5) is 0 Å². The van der Waals surface area contributed by atoms with Gasteiger partial charge in [-0.15, -0.1) is 0 Å². The Bertz CT molecular complexity index is 919. The number of rotatable bonds is 11. The maximum atomic E-state index is 13.3. The molecule has 0 rings (SSSR count). The van der Waals surface area contributed by atoms with Crippen LogP contribution in [0, 0.1) is 16.2 Å². The number of carbonyl (C=O) groups excluding carboxylic acids is 3. The highest BCUT2D eigenvalue weighted by Gasteiger charge is 2.58. The lowest BCUT2D eigenvalue weighted by Gasteiger charge is -2.37. The molecule has 0 aliphatic carbocycles. The minimum Gasteiger partial charge on any atom is -0.776 e. The van der Waals surface area contributed by atoms with Crippen molar-refractivity contribution >= 4 is 56.3 Å². The third-order valence-electron chi connectivity index (χ3n) is 3.73. The summed E-state index contributed by atoms with van der Waals surface area (Å²) in [5.74, 6) is -2.41. The van der Waals surface area contributed by atoms with Gasteiger partial charge >= 0.3 is 25.5 Å². The lowest BCUT2D eigenvalue weighted by Crippen LogP contribution is -2.30. The van der Waals surface area contributed by atoms with E-state index in [1.54, 1.807) is 0 Å². The summed E-state index contributed by atoms with van der Waals surface area (Å²) in [6.45, 7) is 10.3. The van der Waals surface area contributed by atoms with Gasteiger partial charge in [-0.05, 0) is 62.3 Å². The molecule has 0 aromatic rings. The normalized spacial score (nSPS) is 14.8. The fourth-order valence-corrected chi connectivity index (χ4v) is 5.23. The second-order valence-electron chi connectivity index (χ2n) is 13.0. The summed E-state index contributed by atoms with van der Waals surface area (Å²) in [5.41, 5.74) is -2.95. The van der Waals surface area contributed by atoms with E-state index in [0.717, 1.165) is 4.48 Å². The number of alkyl halides is 2. The molecule has 13 nitrogen and oxygen atoms in total. The molecule has 0 heterocycles. The molecule has 0 bridgehead atoms. The largest absolute Gasteiger partial charge is 0.776 e. The highest BCUT2D eigenvalue weighted by molar-refractivity contribution is 7.79. The Morgan fingerprint density at radius 1 is 0.625 bits per heavy atom. The van der Waals surface area contributed by atoms with Gasteiger partial charge in [-0.25, -0.2) is 0 Å². The molecule has 238 valence electrons. The van der Waals surface area contributed by atoms with Crippen LogP contribution < -0.4 is 4.89 Å². The standard InChI is InChI=1S/C19H34Cl2O12P2.C4H12N/c1-16(2,3)13(22)28-10-31-34(25,26)19(20,21)35(27,32-11-29-14(23)17(4,5)6)33-12-30-15(24)18(7,8)9;1-5(2,3)4/h10-12H2,1-9H3,(H,25,26);1-4H3/q;+1/p-1. The van der Waals surface area contributed by atoms with Crippen LogP contribution in [0.2, 0.25) is 0 Å². The van der Waals surface area contributed by atoms with Gasteiger partial charge in [-0.2, -0.15) is 0 Å². The average molecular weight is 660 g/mol. The Hall–Kier alpha value is -0.750. The summed E-state index contributed by atoms with van der Waals surface area (Å²) in [4.78, 5) is 48.3. The lowest BCUT2D eigenvalue weighted by molar-refractivity contribution is -0.849. The number of esters is 3. The molecule has 17 heteroatoms. The van der Waals surface area contributed by atoms with Crippen LogP contribution in [0.15, 0.2) is 0 Å².